The fourth-order valence-corrected chi connectivity index (χ4v) is 4.42. The van der Waals surface area contributed by atoms with Gasteiger partial charge in [0.25, 0.3) is 0 Å². The highest BCUT2D eigenvalue weighted by Gasteiger charge is 2.55. The molecule has 2 N–H and O–H groups in total. The number of nitrogens with zero attached hydrogens (tertiary/aromatic N) is 3. The lowest BCUT2D eigenvalue weighted by Gasteiger charge is -2.38. The van der Waals surface area contributed by atoms with Gasteiger partial charge in [0, 0.05) is 17.9 Å². The van der Waals surface area contributed by atoms with E-state index in [9.17, 15) is 14.8 Å². The Hall–Kier alpha value is -4.04. The van der Waals surface area contributed by atoms with Crippen molar-refractivity contribution in [3.05, 3.63) is 90.5 Å². The van der Waals surface area contributed by atoms with E-state index >= 15 is 0 Å². The molecule has 8 nitrogen and oxygen atoms in total. The van der Waals surface area contributed by atoms with E-state index in [-0.39, 0.29) is 6.03 Å². The summed E-state index contributed by atoms with van der Waals surface area (Å²) in [5, 5.41) is 14.4. The minimum atomic E-state index is -0.961. The monoisotopic (exact) mass is 474 g/mol. The fourth-order valence-electron chi connectivity index (χ4n) is 4.42. The molecule has 8 heteroatoms. The first-order valence-corrected chi connectivity index (χ1v) is 11.5. The largest absolute Gasteiger partial charge is 0.497 e. The molecule has 3 aromatic carbocycles. The van der Waals surface area contributed by atoms with Crippen molar-refractivity contribution in [2.75, 3.05) is 23.9 Å². The molecule has 4 amide bonds. The van der Waals surface area contributed by atoms with Gasteiger partial charge in [0.05, 0.1) is 12.6 Å². The molecule has 3 aromatic rings. The van der Waals surface area contributed by atoms with E-state index in [0.717, 1.165) is 11.3 Å². The van der Waals surface area contributed by atoms with Gasteiger partial charge in [0.1, 0.15) is 5.75 Å². The van der Waals surface area contributed by atoms with Crippen LogP contribution in [0.5, 0.6) is 5.75 Å². The summed E-state index contributed by atoms with van der Waals surface area (Å²) in [4.78, 5) is 29.9. The van der Waals surface area contributed by atoms with Crippen LogP contribution in [-0.2, 0) is 6.42 Å². The molecule has 0 aliphatic carbocycles. The first-order chi connectivity index (χ1) is 16.8. The van der Waals surface area contributed by atoms with Crippen molar-refractivity contribution in [1.82, 2.24) is 9.96 Å². The standard InChI is InChI=1S/C27H30N4O4/c1-27(2)24(31(34)25(32)28-21-10-6-4-7-11-21)30(22-12-8-5-9-13-22)26(33)29(27)19-18-20-14-16-23(35-3)17-15-20/h4-17,24,34H,18-19H2,1-3H3,(H,28,32). The number of amides is 4. The number of ether oxygens (including phenoxy) is 1. The molecule has 0 bridgehead atoms. The van der Waals surface area contributed by atoms with Crippen LogP contribution in [0.15, 0.2) is 84.9 Å². The van der Waals surface area contributed by atoms with Crippen molar-refractivity contribution in [2.45, 2.75) is 32.0 Å². The lowest BCUT2D eigenvalue weighted by atomic mass is 9.99. The Kier molecular flexibility index (Phi) is 6.93. The number of hydrogen-bond donors (Lipinski definition) is 2. The van der Waals surface area contributed by atoms with Crippen LogP contribution in [0, 0.1) is 0 Å². The number of hydrogen-bond acceptors (Lipinski definition) is 4. The van der Waals surface area contributed by atoms with Crippen molar-refractivity contribution >= 4 is 23.4 Å². The SMILES string of the molecule is COc1ccc(CCN2C(=O)N(c3ccccc3)C(N(O)C(=O)Nc3ccccc3)C2(C)C)cc1. The Balaban J connectivity index is 1.61. The summed E-state index contributed by atoms with van der Waals surface area (Å²) in [7, 11) is 1.62. The predicted octanol–water partition coefficient (Wildman–Crippen LogP) is 5.21. The minimum Gasteiger partial charge on any atom is -0.497 e. The van der Waals surface area contributed by atoms with Crippen LogP contribution in [0.2, 0.25) is 0 Å². The number of carbonyl (C=O) groups excluding carboxylic acids is 2. The van der Waals surface area contributed by atoms with Crippen molar-refractivity contribution in [3.8, 4) is 5.75 Å². The summed E-state index contributed by atoms with van der Waals surface area (Å²) < 4.78 is 5.22. The summed E-state index contributed by atoms with van der Waals surface area (Å²) in [6.45, 7) is 4.11. The van der Waals surface area contributed by atoms with E-state index in [0.29, 0.717) is 29.4 Å². The Labute approximate surface area is 205 Å². The quantitative estimate of drug-likeness (QED) is 0.364. The van der Waals surface area contributed by atoms with E-state index in [1.54, 1.807) is 48.4 Å². The summed E-state index contributed by atoms with van der Waals surface area (Å²) >= 11 is 0. The van der Waals surface area contributed by atoms with Crippen LogP contribution in [0.25, 0.3) is 0 Å². The van der Waals surface area contributed by atoms with Gasteiger partial charge in [-0.15, -0.1) is 0 Å². The molecular weight excluding hydrogens is 444 g/mol. The van der Waals surface area contributed by atoms with Crippen LogP contribution in [0.4, 0.5) is 21.0 Å². The third-order valence-corrected chi connectivity index (χ3v) is 6.29. The number of methoxy groups -OCH3 is 1. The first-order valence-electron chi connectivity index (χ1n) is 11.5. The highest BCUT2D eigenvalue weighted by molar-refractivity contribution is 5.98. The Bertz CT molecular complexity index is 1150. The van der Waals surface area contributed by atoms with Gasteiger partial charge < -0.3 is 15.0 Å². The second-order valence-electron chi connectivity index (χ2n) is 8.91. The average molecular weight is 475 g/mol. The molecule has 1 heterocycles. The Morgan fingerprint density at radius 3 is 2.20 bits per heavy atom. The number of nitrogens with one attached hydrogen (secondary N) is 1. The smallest absolute Gasteiger partial charge is 0.347 e. The Morgan fingerprint density at radius 1 is 1.00 bits per heavy atom. The molecule has 1 atom stereocenters. The molecule has 1 aliphatic heterocycles. The third-order valence-electron chi connectivity index (χ3n) is 6.29. The molecule has 0 aromatic heterocycles. The van der Waals surface area contributed by atoms with Gasteiger partial charge in [0.15, 0.2) is 6.17 Å². The average Bonchev–Trinajstić information content (AvgIpc) is 3.08. The number of anilines is 2. The third kappa shape index (κ3) is 4.93. The number of rotatable bonds is 7. The molecule has 35 heavy (non-hydrogen) atoms. The number of urea groups is 2. The van der Waals surface area contributed by atoms with Gasteiger partial charge in [-0.2, -0.15) is 5.06 Å². The maximum Gasteiger partial charge on any atom is 0.347 e. The zero-order chi connectivity index (χ0) is 25.0. The van der Waals surface area contributed by atoms with Gasteiger partial charge in [0.2, 0.25) is 0 Å². The highest BCUT2D eigenvalue weighted by Crippen LogP contribution is 2.38. The van der Waals surface area contributed by atoms with Crippen molar-refractivity contribution < 1.29 is 19.5 Å². The molecule has 4 rings (SSSR count). The number of carbonyl (C=O) groups is 2. The molecule has 0 radical (unpaired) electrons. The first kappa shape index (κ1) is 24.1. The van der Waals surface area contributed by atoms with Crippen LogP contribution >= 0.6 is 0 Å². The fraction of sp³-hybridized carbons (Fsp3) is 0.259. The summed E-state index contributed by atoms with van der Waals surface area (Å²) in [6, 6.07) is 24.6. The lowest BCUT2D eigenvalue weighted by molar-refractivity contribution is -0.0947. The van der Waals surface area contributed by atoms with Crippen molar-refractivity contribution in [2.24, 2.45) is 0 Å². The molecule has 1 fully saturated rings. The minimum absolute atomic E-state index is 0.286. The van der Waals surface area contributed by atoms with Crippen molar-refractivity contribution in [3.63, 3.8) is 0 Å². The van der Waals surface area contributed by atoms with Gasteiger partial charge >= 0.3 is 12.1 Å². The van der Waals surface area contributed by atoms with E-state index in [4.69, 9.17) is 4.74 Å². The zero-order valence-corrected chi connectivity index (χ0v) is 20.1. The molecule has 1 aliphatic rings. The normalized spacial score (nSPS) is 16.8. The zero-order valence-electron chi connectivity index (χ0n) is 20.1. The summed E-state index contributed by atoms with van der Waals surface area (Å²) in [6.07, 6.45) is -0.354. The van der Waals surface area contributed by atoms with Gasteiger partial charge in [-0.25, -0.2) is 9.59 Å². The van der Waals surface area contributed by atoms with Crippen molar-refractivity contribution in [1.29, 1.82) is 0 Å². The second kappa shape index (κ2) is 10.1. The second-order valence-corrected chi connectivity index (χ2v) is 8.91. The predicted molar refractivity (Wildman–Crippen MR) is 135 cm³/mol. The maximum atomic E-state index is 13.7. The van der Waals surface area contributed by atoms with Crippen LogP contribution in [-0.4, -0.2) is 52.6 Å². The van der Waals surface area contributed by atoms with E-state index in [2.05, 4.69) is 5.32 Å². The summed E-state index contributed by atoms with van der Waals surface area (Å²) in [5.74, 6) is 0.766. The number of benzene rings is 3. The number of para-hydroxylation sites is 2. The van der Waals surface area contributed by atoms with E-state index < -0.39 is 17.7 Å². The van der Waals surface area contributed by atoms with Crippen LogP contribution in [0.1, 0.15) is 19.4 Å². The topological polar surface area (TPSA) is 85.3 Å². The molecule has 1 saturated heterocycles. The molecule has 1 unspecified atom stereocenters. The molecule has 0 spiro atoms. The molecular formula is C27H30N4O4. The van der Waals surface area contributed by atoms with Crippen LogP contribution in [0.3, 0.4) is 0 Å². The number of hydroxylamine groups is 2. The van der Waals surface area contributed by atoms with Gasteiger partial charge in [-0.05, 0) is 62.2 Å². The summed E-state index contributed by atoms with van der Waals surface area (Å²) in [5.41, 5.74) is 1.28. The van der Waals surface area contributed by atoms with Crippen LogP contribution < -0.4 is 15.0 Å². The molecule has 0 saturated carbocycles. The molecule has 182 valence electrons. The lowest BCUT2D eigenvalue weighted by Crippen LogP contribution is -2.58. The van der Waals surface area contributed by atoms with E-state index in [1.807, 2.05) is 62.4 Å². The maximum absolute atomic E-state index is 13.7. The van der Waals surface area contributed by atoms with Gasteiger partial charge in [-0.3, -0.25) is 10.1 Å². The van der Waals surface area contributed by atoms with Gasteiger partial charge in [-0.1, -0.05) is 48.5 Å². The van der Waals surface area contributed by atoms with E-state index in [1.165, 1.54) is 4.90 Å². The highest BCUT2D eigenvalue weighted by atomic mass is 16.5. The Morgan fingerprint density at radius 2 is 1.60 bits per heavy atom.